The van der Waals surface area contributed by atoms with Crippen molar-refractivity contribution in [3.05, 3.63) is 63.1 Å². The van der Waals surface area contributed by atoms with E-state index in [1.807, 2.05) is 0 Å². The van der Waals surface area contributed by atoms with Crippen molar-refractivity contribution in [1.82, 2.24) is 14.7 Å². The molecule has 1 aliphatic heterocycles. The molecule has 4 nitrogen and oxygen atoms in total. The van der Waals surface area contributed by atoms with E-state index in [1.54, 1.807) is 13.1 Å². The molecule has 0 radical (unpaired) electrons. The third kappa shape index (κ3) is 2.28. The number of aromatic nitrogens is 2. The minimum absolute atomic E-state index is 0.00959. The zero-order valence-electron chi connectivity index (χ0n) is 13.0. The Labute approximate surface area is 130 Å². The molecule has 2 aliphatic rings. The molecule has 1 atom stereocenters. The van der Waals surface area contributed by atoms with Crippen LogP contribution in [0.5, 0.6) is 0 Å². The van der Waals surface area contributed by atoms with E-state index in [0.717, 1.165) is 30.8 Å². The van der Waals surface area contributed by atoms with Gasteiger partial charge in [0, 0.05) is 38.7 Å². The molecule has 2 aromatic rings. The van der Waals surface area contributed by atoms with Gasteiger partial charge in [-0.2, -0.15) is 5.10 Å². The van der Waals surface area contributed by atoms with Gasteiger partial charge in [-0.1, -0.05) is 24.3 Å². The highest BCUT2D eigenvalue weighted by molar-refractivity contribution is 5.33. The van der Waals surface area contributed by atoms with Gasteiger partial charge in [-0.25, -0.2) is 4.68 Å². The summed E-state index contributed by atoms with van der Waals surface area (Å²) in [6.45, 7) is 1.87. The average Bonchev–Trinajstić information content (AvgIpc) is 2.55. The molecule has 0 saturated carbocycles. The fourth-order valence-corrected chi connectivity index (χ4v) is 3.89. The zero-order chi connectivity index (χ0) is 15.1. The first-order valence-corrected chi connectivity index (χ1v) is 8.10. The van der Waals surface area contributed by atoms with E-state index in [9.17, 15) is 4.79 Å². The predicted octanol–water partition coefficient (Wildman–Crippen LogP) is 2.22. The van der Waals surface area contributed by atoms with Crippen molar-refractivity contribution in [2.24, 2.45) is 7.05 Å². The first-order valence-electron chi connectivity index (χ1n) is 8.10. The average molecular weight is 295 g/mol. The van der Waals surface area contributed by atoms with E-state index >= 15 is 0 Å². The van der Waals surface area contributed by atoms with Gasteiger partial charge in [0.1, 0.15) is 0 Å². The third-order valence-corrected chi connectivity index (χ3v) is 5.05. The Hall–Kier alpha value is -1.94. The Kier molecular flexibility index (Phi) is 3.34. The van der Waals surface area contributed by atoms with E-state index in [1.165, 1.54) is 35.1 Å². The topological polar surface area (TPSA) is 38.1 Å². The summed E-state index contributed by atoms with van der Waals surface area (Å²) in [5, 5.41) is 4.41. The molecule has 1 unspecified atom stereocenters. The molecule has 4 rings (SSSR count). The number of aryl methyl sites for hydroxylation is 2. The highest BCUT2D eigenvalue weighted by Crippen LogP contribution is 2.36. The van der Waals surface area contributed by atoms with Gasteiger partial charge >= 0.3 is 0 Å². The molecular weight excluding hydrogens is 274 g/mol. The van der Waals surface area contributed by atoms with E-state index in [-0.39, 0.29) is 5.56 Å². The molecule has 1 aromatic carbocycles. The highest BCUT2D eigenvalue weighted by atomic mass is 16.1. The fourth-order valence-electron chi connectivity index (χ4n) is 3.89. The van der Waals surface area contributed by atoms with Gasteiger partial charge in [0.05, 0.1) is 5.69 Å². The molecule has 2 heterocycles. The largest absolute Gasteiger partial charge is 0.292 e. The van der Waals surface area contributed by atoms with Gasteiger partial charge in [-0.05, 0) is 36.0 Å². The third-order valence-electron chi connectivity index (χ3n) is 5.05. The Bertz CT molecular complexity index is 765. The van der Waals surface area contributed by atoms with Crippen LogP contribution in [0.4, 0.5) is 0 Å². The lowest BCUT2D eigenvalue weighted by Crippen LogP contribution is -2.38. The van der Waals surface area contributed by atoms with Crippen LogP contribution in [0.1, 0.15) is 41.3 Å². The minimum Gasteiger partial charge on any atom is -0.292 e. The van der Waals surface area contributed by atoms with Crippen LogP contribution in [0, 0.1) is 0 Å². The van der Waals surface area contributed by atoms with Gasteiger partial charge in [0.2, 0.25) is 0 Å². The molecule has 4 heteroatoms. The molecule has 1 aromatic heterocycles. The Balaban J connectivity index is 1.66. The van der Waals surface area contributed by atoms with Gasteiger partial charge < -0.3 is 0 Å². The monoisotopic (exact) mass is 295 g/mol. The maximum atomic E-state index is 11.9. The summed E-state index contributed by atoms with van der Waals surface area (Å²) in [5.41, 5.74) is 5.16. The maximum absolute atomic E-state index is 11.9. The Morgan fingerprint density at radius 1 is 1.18 bits per heavy atom. The molecule has 0 N–H and O–H groups in total. The predicted molar refractivity (Wildman–Crippen MR) is 85.7 cm³/mol. The second kappa shape index (κ2) is 5.36. The van der Waals surface area contributed by atoms with Crippen molar-refractivity contribution in [2.75, 3.05) is 6.54 Å². The lowest BCUT2D eigenvalue weighted by molar-refractivity contribution is 0.159. The lowest BCUT2D eigenvalue weighted by Gasteiger charge is -2.38. The molecule has 1 aliphatic carbocycles. The van der Waals surface area contributed by atoms with Crippen LogP contribution in [0.2, 0.25) is 0 Å². The number of fused-ring (bicyclic) bond motifs is 2. The maximum Gasteiger partial charge on any atom is 0.266 e. The lowest BCUT2D eigenvalue weighted by atomic mass is 9.86. The number of hydrogen-bond donors (Lipinski definition) is 0. The van der Waals surface area contributed by atoms with Crippen molar-refractivity contribution >= 4 is 0 Å². The van der Waals surface area contributed by atoms with Gasteiger partial charge in [-0.15, -0.1) is 0 Å². The van der Waals surface area contributed by atoms with Crippen LogP contribution in [-0.2, 0) is 26.4 Å². The minimum atomic E-state index is -0.00959. The van der Waals surface area contributed by atoms with E-state index in [0.29, 0.717) is 6.04 Å². The van der Waals surface area contributed by atoms with Crippen molar-refractivity contribution in [1.29, 1.82) is 0 Å². The number of benzene rings is 1. The van der Waals surface area contributed by atoms with Crippen molar-refractivity contribution in [3.63, 3.8) is 0 Å². The summed E-state index contributed by atoms with van der Waals surface area (Å²) in [4.78, 5) is 14.4. The summed E-state index contributed by atoms with van der Waals surface area (Å²) in [5.74, 6) is 0. The van der Waals surface area contributed by atoms with Gasteiger partial charge in [-0.3, -0.25) is 9.69 Å². The first-order chi connectivity index (χ1) is 10.7. The Morgan fingerprint density at radius 2 is 2.05 bits per heavy atom. The summed E-state index contributed by atoms with van der Waals surface area (Å²) in [6, 6.07) is 11.1. The second-order valence-corrected chi connectivity index (χ2v) is 6.41. The van der Waals surface area contributed by atoms with Crippen molar-refractivity contribution < 1.29 is 0 Å². The molecule has 0 amide bonds. The normalized spacial score (nSPS) is 21.2. The summed E-state index contributed by atoms with van der Waals surface area (Å²) < 4.78 is 1.45. The smallest absolute Gasteiger partial charge is 0.266 e. The SMILES string of the molecule is Cn1nc2c(cc1=O)CN(C1CCCc3ccccc31)CC2. The van der Waals surface area contributed by atoms with E-state index in [2.05, 4.69) is 34.3 Å². The summed E-state index contributed by atoms with van der Waals surface area (Å²) >= 11 is 0. The highest BCUT2D eigenvalue weighted by Gasteiger charge is 2.29. The van der Waals surface area contributed by atoms with Gasteiger partial charge in [0.25, 0.3) is 5.56 Å². The quantitative estimate of drug-likeness (QED) is 0.809. The second-order valence-electron chi connectivity index (χ2n) is 6.41. The fraction of sp³-hybridized carbons (Fsp3) is 0.444. The van der Waals surface area contributed by atoms with E-state index < -0.39 is 0 Å². The molecule has 114 valence electrons. The number of hydrogen-bond acceptors (Lipinski definition) is 3. The molecule has 22 heavy (non-hydrogen) atoms. The van der Waals surface area contributed by atoms with Gasteiger partial charge in [0.15, 0.2) is 0 Å². The standard InChI is InChI=1S/C18H21N3O/c1-20-18(22)11-14-12-21(10-9-16(14)19-20)17-8-4-6-13-5-2-3-7-15(13)17/h2-3,5,7,11,17H,4,6,8-10,12H2,1H3. The number of rotatable bonds is 1. The van der Waals surface area contributed by atoms with Crippen LogP contribution in [0.15, 0.2) is 35.1 Å². The van der Waals surface area contributed by atoms with Crippen LogP contribution >= 0.6 is 0 Å². The first kappa shape index (κ1) is 13.7. The Morgan fingerprint density at radius 3 is 2.95 bits per heavy atom. The van der Waals surface area contributed by atoms with Crippen LogP contribution in [0.3, 0.4) is 0 Å². The summed E-state index contributed by atoms with van der Waals surface area (Å²) in [7, 11) is 1.73. The van der Waals surface area contributed by atoms with Crippen molar-refractivity contribution in [2.45, 2.75) is 38.3 Å². The molecule has 0 fully saturated rings. The number of nitrogens with zero attached hydrogens (tertiary/aromatic N) is 3. The summed E-state index contributed by atoms with van der Waals surface area (Å²) in [6.07, 6.45) is 4.59. The van der Waals surface area contributed by atoms with Crippen LogP contribution in [0.25, 0.3) is 0 Å². The van der Waals surface area contributed by atoms with Crippen LogP contribution in [-0.4, -0.2) is 21.2 Å². The van der Waals surface area contributed by atoms with Crippen molar-refractivity contribution in [3.8, 4) is 0 Å². The molecular formula is C18H21N3O. The molecule has 0 saturated heterocycles. The molecule has 0 bridgehead atoms. The van der Waals surface area contributed by atoms with Crippen LogP contribution < -0.4 is 5.56 Å². The zero-order valence-corrected chi connectivity index (χ0v) is 13.0. The molecule has 0 spiro atoms. The van der Waals surface area contributed by atoms with E-state index in [4.69, 9.17) is 0 Å².